The zero-order valence-corrected chi connectivity index (χ0v) is 19.1. The highest BCUT2D eigenvalue weighted by atomic mass is 31.2. The normalized spacial score (nSPS) is 17.2. The Balaban J connectivity index is 1.78. The van der Waals surface area contributed by atoms with Gasteiger partial charge < -0.3 is 14.0 Å². The lowest BCUT2D eigenvalue weighted by molar-refractivity contribution is -0.131. The summed E-state index contributed by atoms with van der Waals surface area (Å²) < 4.78 is 27.1. The molecule has 1 aliphatic heterocycles. The van der Waals surface area contributed by atoms with Gasteiger partial charge in [0.05, 0.1) is 17.5 Å². The average Bonchev–Trinajstić information content (AvgIpc) is 3.16. The Morgan fingerprint density at radius 1 is 0.906 bits per heavy atom. The van der Waals surface area contributed by atoms with Gasteiger partial charge in [-0.25, -0.2) is 0 Å². The van der Waals surface area contributed by atoms with Crippen LogP contribution >= 0.6 is 7.14 Å². The van der Waals surface area contributed by atoms with E-state index < -0.39 is 13.1 Å². The molecule has 1 saturated carbocycles. The minimum atomic E-state index is -3.30. The highest BCUT2D eigenvalue weighted by Gasteiger charge is 2.43. The van der Waals surface area contributed by atoms with Crippen molar-refractivity contribution in [3.8, 4) is 5.75 Å². The summed E-state index contributed by atoms with van der Waals surface area (Å²) in [7, 11) is -3.30. The zero-order chi connectivity index (χ0) is 22.2. The van der Waals surface area contributed by atoms with Crippen LogP contribution in [0.5, 0.6) is 5.75 Å². The molecule has 164 valence electrons. The molecular weight excluding hydrogens is 419 g/mol. The van der Waals surface area contributed by atoms with E-state index in [4.69, 9.17) is 9.47 Å². The van der Waals surface area contributed by atoms with Crippen LogP contribution in [-0.2, 0) is 26.3 Å². The van der Waals surface area contributed by atoms with Gasteiger partial charge in [0.25, 0.3) is 0 Å². The Kier molecular flexibility index (Phi) is 5.53. The summed E-state index contributed by atoms with van der Waals surface area (Å²) in [6.07, 6.45) is 5.39. The first kappa shape index (κ1) is 21.2. The maximum Gasteiger partial charge on any atom is 0.308 e. The monoisotopic (exact) mass is 446 g/mol. The van der Waals surface area contributed by atoms with Crippen molar-refractivity contribution in [3.63, 3.8) is 0 Å². The van der Waals surface area contributed by atoms with E-state index >= 15 is 4.57 Å². The minimum Gasteiger partial charge on any atom is -0.426 e. The van der Waals surface area contributed by atoms with Crippen molar-refractivity contribution < 1.29 is 18.8 Å². The van der Waals surface area contributed by atoms with Gasteiger partial charge in [-0.05, 0) is 36.1 Å². The van der Waals surface area contributed by atoms with Crippen molar-refractivity contribution >= 4 is 29.0 Å². The molecule has 0 N–H and O–H groups in total. The predicted octanol–water partition coefficient (Wildman–Crippen LogP) is 4.94. The van der Waals surface area contributed by atoms with Gasteiger partial charge in [-0.2, -0.15) is 0 Å². The largest absolute Gasteiger partial charge is 0.426 e. The third-order valence-corrected chi connectivity index (χ3v) is 9.75. The topological polar surface area (TPSA) is 52.6 Å². The van der Waals surface area contributed by atoms with Crippen molar-refractivity contribution in [2.24, 2.45) is 0 Å². The van der Waals surface area contributed by atoms with Crippen LogP contribution in [0.25, 0.3) is 0 Å². The summed E-state index contributed by atoms with van der Waals surface area (Å²) in [4.78, 5) is 12.0. The maximum atomic E-state index is 15.1. The number of fused-ring (bicyclic) bond motifs is 2. The highest BCUT2D eigenvalue weighted by molar-refractivity contribution is 7.85. The average molecular weight is 446 g/mol. The molecule has 4 nitrogen and oxygen atoms in total. The van der Waals surface area contributed by atoms with Gasteiger partial charge in [0.2, 0.25) is 0 Å². The summed E-state index contributed by atoms with van der Waals surface area (Å²) in [6, 6.07) is 22.9. The van der Waals surface area contributed by atoms with Crippen LogP contribution in [-0.4, -0.2) is 5.97 Å². The molecule has 0 saturated heterocycles. The van der Waals surface area contributed by atoms with E-state index in [2.05, 4.69) is 0 Å². The molecule has 0 atom stereocenters. The second kappa shape index (κ2) is 8.35. The summed E-state index contributed by atoms with van der Waals surface area (Å²) >= 11 is 0. The molecule has 0 radical (unpaired) electrons. The van der Waals surface area contributed by atoms with Crippen LogP contribution < -0.4 is 20.7 Å². The number of rotatable bonds is 4. The second-order valence-electron chi connectivity index (χ2n) is 8.69. The molecule has 0 amide bonds. The van der Waals surface area contributed by atoms with Gasteiger partial charge in [0.1, 0.15) is 5.75 Å². The molecule has 1 spiro atoms. The lowest BCUT2D eigenvalue weighted by Crippen LogP contribution is -2.31. The fraction of sp³-hybridized carbons (Fsp3) is 0.296. The number of carbonyl (C=O) groups excluding carboxylic acids is 1. The molecule has 1 aliphatic carbocycles. The standard InChI is InChI=1S/C27H27O4P/c1-20(28)31-25-17-21-19-30-27(15-9-4-10-16-27)24(21)18-26(25)32(29,22-11-5-2-6-12-22)23-13-7-3-8-14-23/h2-3,5-8,11-14,17-18H,4,9-10,15-16,19H2,1H3. The minimum absolute atomic E-state index is 0.324. The Morgan fingerprint density at radius 2 is 1.50 bits per heavy atom. The van der Waals surface area contributed by atoms with Crippen LogP contribution in [0.4, 0.5) is 0 Å². The van der Waals surface area contributed by atoms with E-state index in [-0.39, 0.29) is 5.60 Å². The predicted molar refractivity (Wildman–Crippen MR) is 127 cm³/mol. The number of hydrogen-bond acceptors (Lipinski definition) is 4. The molecule has 32 heavy (non-hydrogen) atoms. The molecule has 0 aromatic heterocycles. The Labute approximate surface area is 188 Å². The Hall–Kier alpha value is -2.68. The van der Waals surface area contributed by atoms with Crippen LogP contribution in [0.15, 0.2) is 72.8 Å². The van der Waals surface area contributed by atoms with Gasteiger partial charge in [-0.3, -0.25) is 4.79 Å². The van der Waals surface area contributed by atoms with Crippen molar-refractivity contribution in [3.05, 3.63) is 83.9 Å². The molecular formula is C27H27O4P. The van der Waals surface area contributed by atoms with E-state index in [0.717, 1.165) is 47.4 Å². The van der Waals surface area contributed by atoms with Crippen LogP contribution in [0.2, 0.25) is 0 Å². The molecule has 3 aromatic rings. The van der Waals surface area contributed by atoms with Gasteiger partial charge in [0, 0.05) is 17.5 Å². The van der Waals surface area contributed by atoms with Crippen molar-refractivity contribution in [2.75, 3.05) is 0 Å². The molecule has 5 rings (SSSR count). The SMILES string of the molecule is CC(=O)Oc1cc2c(cc1P(=O)(c1ccccc1)c1ccccc1)C1(CCCCC1)OC2. The maximum absolute atomic E-state index is 15.1. The van der Waals surface area contributed by atoms with Crippen LogP contribution in [0.1, 0.15) is 50.2 Å². The number of carbonyl (C=O) groups is 1. The summed E-state index contributed by atoms with van der Waals surface area (Å²) in [5, 5.41) is 2.01. The fourth-order valence-electron chi connectivity index (χ4n) is 5.17. The zero-order valence-electron chi connectivity index (χ0n) is 18.3. The van der Waals surface area contributed by atoms with Gasteiger partial charge in [-0.1, -0.05) is 79.9 Å². The summed E-state index contributed by atoms with van der Waals surface area (Å²) in [5.74, 6) is -0.0612. The molecule has 2 aliphatic rings. The van der Waals surface area contributed by atoms with Crippen LogP contribution in [0.3, 0.4) is 0 Å². The lowest BCUT2D eigenvalue weighted by Gasteiger charge is -2.34. The Morgan fingerprint density at radius 3 is 2.06 bits per heavy atom. The molecule has 0 unspecified atom stereocenters. The van der Waals surface area contributed by atoms with Crippen molar-refractivity contribution in [1.82, 2.24) is 0 Å². The number of esters is 1. The number of benzene rings is 3. The third kappa shape index (κ3) is 3.52. The molecule has 1 heterocycles. The third-order valence-electron chi connectivity index (χ3n) is 6.67. The van der Waals surface area contributed by atoms with E-state index in [1.54, 1.807) is 0 Å². The van der Waals surface area contributed by atoms with E-state index in [0.29, 0.717) is 17.7 Å². The smallest absolute Gasteiger partial charge is 0.308 e. The van der Waals surface area contributed by atoms with Gasteiger partial charge in [-0.15, -0.1) is 0 Å². The second-order valence-corrected chi connectivity index (χ2v) is 11.4. The van der Waals surface area contributed by atoms with E-state index in [1.165, 1.54) is 13.3 Å². The van der Waals surface area contributed by atoms with Crippen LogP contribution in [0, 0.1) is 0 Å². The lowest BCUT2D eigenvalue weighted by atomic mass is 9.79. The first-order chi connectivity index (χ1) is 15.5. The molecule has 1 fully saturated rings. The first-order valence-corrected chi connectivity index (χ1v) is 13.0. The summed E-state index contributed by atoms with van der Waals surface area (Å²) in [5.41, 5.74) is 1.81. The number of ether oxygens (including phenoxy) is 2. The van der Waals surface area contributed by atoms with E-state index in [9.17, 15) is 4.79 Å². The quantitative estimate of drug-likeness (QED) is 0.324. The van der Waals surface area contributed by atoms with Gasteiger partial charge >= 0.3 is 5.97 Å². The fourth-order valence-corrected chi connectivity index (χ4v) is 7.94. The van der Waals surface area contributed by atoms with E-state index in [1.807, 2.05) is 72.8 Å². The highest BCUT2D eigenvalue weighted by Crippen LogP contribution is 2.51. The molecule has 3 aromatic carbocycles. The first-order valence-electron chi connectivity index (χ1n) is 11.2. The van der Waals surface area contributed by atoms with Crippen molar-refractivity contribution in [1.29, 1.82) is 0 Å². The summed E-state index contributed by atoms with van der Waals surface area (Å²) in [6.45, 7) is 1.87. The Bertz CT molecular complexity index is 1140. The van der Waals surface area contributed by atoms with Crippen molar-refractivity contribution in [2.45, 2.75) is 51.2 Å². The number of hydrogen-bond donors (Lipinski definition) is 0. The molecule has 0 bridgehead atoms. The van der Waals surface area contributed by atoms with Gasteiger partial charge in [0.15, 0.2) is 7.14 Å². The molecule has 5 heteroatoms.